The summed E-state index contributed by atoms with van der Waals surface area (Å²) in [7, 11) is 0. The first-order chi connectivity index (χ1) is 17.0. The van der Waals surface area contributed by atoms with Crippen molar-refractivity contribution in [3.8, 4) is 28.5 Å². The quantitative estimate of drug-likeness (QED) is 0.300. The Balaban J connectivity index is 1.67. The van der Waals surface area contributed by atoms with Gasteiger partial charge in [0, 0.05) is 21.3 Å². The Hall–Kier alpha value is -3.78. The van der Waals surface area contributed by atoms with Gasteiger partial charge < -0.3 is 14.6 Å². The molecule has 1 aliphatic rings. The molecule has 0 unspecified atom stereocenters. The molecule has 1 amide bonds. The normalized spacial score (nSPS) is 14.8. The molecule has 178 valence electrons. The molecule has 35 heavy (non-hydrogen) atoms. The summed E-state index contributed by atoms with van der Waals surface area (Å²) in [5.41, 5.74) is 4.31. The Kier molecular flexibility index (Phi) is 6.21. The number of rotatable bonds is 7. The number of hydrogen-bond acceptors (Lipinski definition) is 5. The number of halogens is 1. The summed E-state index contributed by atoms with van der Waals surface area (Å²) in [4.78, 5) is 15.4. The van der Waals surface area contributed by atoms with Crippen molar-refractivity contribution in [2.24, 2.45) is 0 Å². The van der Waals surface area contributed by atoms with Gasteiger partial charge in [-0.15, -0.1) is 0 Å². The summed E-state index contributed by atoms with van der Waals surface area (Å²) in [6, 6.07) is 20.0. The lowest BCUT2D eigenvalue weighted by molar-refractivity contribution is 0.0988. The van der Waals surface area contributed by atoms with E-state index >= 15 is 0 Å². The van der Waals surface area contributed by atoms with Crippen LogP contribution in [0.5, 0.6) is 17.2 Å². The maximum absolute atomic E-state index is 13.7. The first kappa shape index (κ1) is 23.0. The number of H-pyrrole nitrogens is 1. The van der Waals surface area contributed by atoms with E-state index < -0.39 is 6.04 Å². The highest BCUT2D eigenvalue weighted by Gasteiger charge is 2.43. The second-order valence-electron chi connectivity index (χ2n) is 8.03. The number of aromatic amines is 1. The average molecular weight is 534 g/mol. The van der Waals surface area contributed by atoms with E-state index in [0.717, 1.165) is 32.6 Å². The van der Waals surface area contributed by atoms with Crippen LogP contribution in [0.2, 0.25) is 0 Å². The van der Waals surface area contributed by atoms with Gasteiger partial charge in [-0.3, -0.25) is 14.8 Å². The topological polar surface area (TPSA) is 87.7 Å². The van der Waals surface area contributed by atoms with Crippen molar-refractivity contribution in [1.29, 1.82) is 0 Å². The SMILES string of the molecule is CCOc1ccc(-c2n[nH]c3c2[C@H](c2ccc(O)c(OCC)c2)N(c2ccc(Br)cc2)C3=O)cc1. The number of anilines is 1. The molecule has 0 spiro atoms. The van der Waals surface area contributed by atoms with Gasteiger partial charge in [0.15, 0.2) is 11.5 Å². The van der Waals surface area contributed by atoms with Crippen molar-refractivity contribution in [2.45, 2.75) is 19.9 Å². The fourth-order valence-electron chi connectivity index (χ4n) is 4.40. The first-order valence-corrected chi connectivity index (χ1v) is 12.2. The maximum atomic E-state index is 13.7. The zero-order valence-electron chi connectivity index (χ0n) is 19.3. The Labute approximate surface area is 211 Å². The van der Waals surface area contributed by atoms with Gasteiger partial charge in [0.1, 0.15) is 11.4 Å². The molecule has 1 aliphatic heterocycles. The molecule has 2 N–H and O–H groups in total. The van der Waals surface area contributed by atoms with Crippen molar-refractivity contribution in [1.82, 2.24) is 10.2 Å². The van der Waals surface area contributed by atoms with Crippen LogP contribution >= 0.6 is 15.9 Å². The summed E-state index contributed by atoms with van der Waals surface area (Å²) in [5, 5.41) is 17.8. The number of phenolic OH excluding ortho intramolecular Hbond substituents is 1. The molecular weight excluding hydrogens is 510 g/mol. The summed E-state index contributed by atoms with van der Waals surface area (Å²) >= 11 is 3.47. The van der Waals surface area contributed by atoms with Gasteiger partial charge in [-0.05, 0) is 80.1 Å². The third-order valence-electron chi connectivity index (χ3n) is 5.91. The van der Waals surface area contributed by atoms with Crippen LogP contribution in [0.1, 0.15) is 41.5 Å². The Morgan fingerprint density at radius 2 is 1.71 bits per heavy atom. The van der Waals surface area contributed by atoms with Crippen LogP contribution in [0.3, 0.4) is 0 Å². The van der Waals surface area contributed by atoms with E-state index in [4.69, 9.17) is 9.47 Å². The van der Waals surface area contributed by atoms with Crippen LogP contribution in [0, 0.1) is 0 Å². The first-order valence-electron chi connectivity index (χ1n) is 11.4. The summed E-state index contributed by atoms with van der Waals surface area (Å²) in [6.07, 6.45) is 0. The van der Waals surface area contributed by atoms with Crippen LogP contribution in [-0.4, -0.2) is 34.4 Å². The summed E-state index contributed by atoms with van der Waals surface area (Å²) in [6.45, 7) is 4.79. The number of phenols is 1. The lowest BCUT2D eigenvalue weighted by atomic mass is 9.95. The van der Waals surface area contributed by atoms with Crippen LogP contribution in [0.15, 0.2) is 71.2 Å². The Morgan fingerprint density at radius 3 is 2.40 bits per heavy atom. The number of benzene rings is 3. The third kappa shape index (κ3) is 4.14. The molecule has 0 bridgehead atoms. The molecule has 8 heteroatoms. The largest absolute Gasteiger partial charge is 0.504 e. The van der Waals surface area contributed by atoms with E-state index in [0.29, 0.717) is 30.4 Å². The van der Waals surface area contributed by atoms with Crippen LogP contribution < -0.4 is 14.4 Å². The highest BCUT2D eigenvalue weighted by molar-refractivity contribution is 9.10. The number of carbonyl (C=O) groups excluding carboxylic acids is 1. The second-order valence-corrected chi connectivity index (χ2v) is 8.95. The zero-order chi connectivity index (χ0) is 24.5. The number of nitrogens with zero attached hydrogens (tertiary/aromatic N) is 2. The number of amides is 1. The van der Waals surface area contributed by atoms with E-state index in [1.54, 1.807) is 17.0 Å². The van der Waals surface area contributed by atoms with Gasteiger partial charge in [-0.25, -0.2) is 0 Å². The van der Waals surface area contributed by atoms with E-state index in [-0.39, 0.29) is 11.7 Å². The fourth-order valence-corrected chi connectivity index (χ4v) is 4.66. The maximum Gasteiger partial charge on any atom is 0.277 e. The molecule has 0 saturated heterocycles. The number of carbonyl (C=O) groups is 1. The van der Waals surface area contributed by atoms with Crippen LogP contribution in [0.25, 0.3) is 11.3 Å². The zero-order valence-corrected chi connectivity index (χ0v) is 20.9. The standard InChI is InChI=1S/C27H24BrN3O4/c1-3-34-20-12-5-16(6-13-20)24-23-25(30-29-24)27(33)31(19-10-8-18(28)9-11-19)26(23)17-7-14-21(32)22(15-17)35-4-2/h5-15,26,32H,3-4H2,1-2H3,(H,29,30)/t26-/m0/s1. The van der Waals surface area contributed by atoms with E-state index in [1.165, 1.54) is 0 Å². The minimum absolute atomic E-state index is 0.0502. The molecule has 0 radical (unpaired) electrons. The minimum atomic E-state index is -0.473. The van der Waals surface area contributed by atoms with Crippen molar-refractivity contribution in [2.75, 3.05) is 18.1 Å². The van der Waals surface area contributed by atoms with Gasteiger partial charge in [-0.1, -0.05) is 22.0 Å². The van der Waals surface area contributed by atoms with Crippen LogP contribution in [0.4, 0.5) is 5.69 Å². The molecule has 5 rings (SSSR count). The second kappa shape index (κ2) is 9.46. The summed E-state index contributed by atoms with van der Waals surface area (Å²) < 4.78 is 12.1. The van der Waals surface area contributed by atoms with E-state index in [9.17, 15) is 9.90 Å². The molecule has 0 saturated carbocycles. The molecule has 1 atom stereocenters. The molecule has 1 aromatic heterocycles. The van der Waals surface area contributed by atoms with Crippen LogP contribution in [-0.2, 0) is 0 Å². The average Bonchev–Trinajstić information content (AvgIpc) is 3.41. The highest BCUT2D eigenvalue weighted by atomic mass is 79.9. The predicted octanol–water partition coefficient (Wildman–Crippen LogP) is 6.09. The molecule has 4 aromatic rings. The van der Waals surface area contributed by atoms with Crippen molar-refractivity contribution < 1.29 is 19.4 Å². The van der Waals surface area contributed by atoms with Gasteiger partial charge >= 0.3 is 0 Å². The van der Waals surface area contributed by atoms with Gasteiger partial charge in [0.05, 0.1) is 24.9 Å². The molecule has 7 nitrogen and oxygen atoms in total. The lowest BCUT2D eigenvalue weighted by Crippen LogP contribution is -2.29. The molecule has 0 fully saturated rings. The van der Waals surface area contributed by atoms with Gasteiger partial charge in [-0.2, -0.15) is 5.10 Å². The fraction of sp³-hybridized carbons (Fsp3) is 0.185. The predicted molar refractivity (Wildman–Crippen MR) is 137 cm³/mol. The highest BCUT2D eigenvalue weighted by Crippen LogP contribution is 2.46. The minimum Gasteiger partial charge on any atom is -0.504 e. The van der Waals surface area contributed by atoms with Gasteiger partial charge in [0.25, 0.3) is 5.91 Å². The monoisotopic (exact) mass is 533 g/mol. The number of hydrogen-bond donors (Lipinski definition) is 2. The van der Waals surface area contributed by atoms with E-state index in [2.05, 4.69) is 26.1 Å². The molecule has 2 heterocycles. The smallest absolute Gasteiger partial charge is 0.277 e. The number of ether oxygens (including phenoxy) is 2. The molecule has 0 aliphatic carbocycles. The number of nitrogens with one attached hydrogen (secondary N) is 1. The van der Waals surface area contributed by atoms with Crippen molar-refractivity contribution in [3.63, 3.8) is 0 Å². The number of aromatic hydroxyl groups is 1. The number of aromatic nitrogens is 2. The van der Waals surface area contributed by atoms with Crippen molar-refractivity contribution in [3.05, 3.63) is 88.0 Å². The molecular formula is C27H24BrN3O4. The number of fused-ring (bicyclic) bond motifs is 1. The van der Waals surface area contributed by atoms with Crippen molar-refractivity contribution >= 4 is 27.5 Å². The Morgan fingerprint density at radius 1 is 1.00 bits per heavy atom. The van der Waals surface area contributed by atoms with E-state index in [1.807, 2.05) is 68.4 Å². The van der Waals surface area contributed by atoms with Gasteiger partial charge in [0.2, 0.25) is 0 Å². The molecule has 3 aromatic carbocycles. The third-order valence-corrected chi connectivity index (χ3v) is 6.44. The lowest BCUT2D eigenvalue weighted by Gasteiger charge is -2.27. The Bertz CT molecular complexity index is 1370. The summed E-state index contributed by atoms with van der Waals surface area (Å²) in [5.74, 6) is 1.01.